The Morgan fingerprint density at radius 2 is 2.17 bits per heavy atom. The van der Waals surface area contributed by atoms with E-state index < -0.39 is 0 Å². The number of nitrogens with one attached hydrogen (secondary N) is 1. The highest BCUT2D eigenvalue weighted by atomic mass is 15.1. The second kappa shape index (κ2) is 3.09. The second-order valence-electron chi connectivity index (χ2n) is 3.43. The van der Waals surface area contributed by atoms with E-state index in [2.05, 4.69) is 22.2 Å². The van der Waals surface area contributed by atoms with Crippen molar-refractivity contribution in [1.82, 2.24) is 9.97 Å². The zero-order valence-electron chi connectivity index (χ0n) is 7.20. The Bertz CT molecular complexity index is 247. The standard InChI is InChI=1S/C9H13N3/c1-7-5-8(7)6-12-9-10-3-2-4-11-9/h2-4,7-8H,5-6H2,1H3,(H,10,11,12). The summed E-state index contributed by atoms with van der Waals surface area (Å²) in [6, 6.07) is 1.82. The number of hydrogen-bond acceptors (Lipinski definition) is 3. The molecule has 0 aromatic carbocycles. The normalized spacial score (nSPS) is 26.8. The van der Waals surface area contributed by atoms with Gasteiger partial charge in [-0.15, -0.1) is 0 Å². The maximum Gasteiger partial charge on any atom is 0.222 e. The molecule has 1 aliphatic rings. The molecule has 1 fully saturated rings. The van der Waals surface area contributed by atoms with Crippen molar-refractivity contribution in [2.75, 3.05) is 11.9 Å². The van der Waals surface area contributed by atoms with Gasteiger partial charge in [0.15, 0.2) is 0 Å². The Hall–Kier alpha value is -1.12. The minimum atomic E-state index is 0.747. The monoisotopic (exact) mass is 163 g/mol. The Balaban J connectivity index is 1.80. The molecule has 0 amide bonds. The van der Waals surface area contributed by atoms with Gasteiger partial charge in [-0.05, 0) is 24.3 Å². The topological polar surface area (TPSA) is 37.8 Å². The highest BCUT2D eigenvalue weighted by molar-refractivity contribution is 5.22. The summed E-state index contributed by atoms with van der Waals surface area (Å²) in [5, 5.41) is 3.21. The van der Waals surface area contributed by atoms with Crippen molar-refractivity contribution < 1.29 is 0 Å². The van der Waals surface area contributed by atoms with Crippen molar-refractivity contribution in [3.63, 3.8) is 0 Å². The molecule has 1 aromatic rings. The van der Waals surface area contributed by atoms with Gasteiger partial charge in [-0.25, -0.2) is 9.97 Å². The Kier molecular flexibility index (Phi) is 1.94. The van der Waals surface area contributed by atoms with E-state index in [-0.39, 0.29) is 0 Å². The third-order valence-corrected chi connectivity index (χ3v) is 2.36. The average molecular weight is 163 g/mol. The summed E-state index contributed by atoms with van der Waals surface area (Å²) >= 11 is 0. The molecule has 64 valence electrons. The first-order chi connectivity index (χ1) is 5.86. The van der Waals surface area contributed by atoms with Crippen molar-refractivity contribution in [1.29, 1.82) is 0 Å². The molecule has 12 heavy (non-hydrogen) atoms. The lowest BCUT2D eigenvalue weighted by molar-refractivity contribution is 0.781. The van der Waals surface area contributed by atoms with Gasteiger partial charge in [-0.2, -0.15) is 0 Å². The van der Waals surface area contributed by atoms with Crippen LogP contribution in [0.4, 0.5) is 5.95 Å². The van der Waals surface area contributed by atoms with Crippen LogP contribution in [0, 0.1) is 11.8 Å². The molecule has 0 spiro atoms. The summed E-state index contributed by atoms with van der Waals surface area (Å²) in [4.78, 5) is 8.16. The highest BCUT2D eigenvalue weighted by Gasteiger charge is 2.31. The lowest BCUT2D eigenvalue weighted by Gasteiger charge is -2.01. The summed E-state index contributed by atoms with van der Waals surface area (Å²) < 4.78 is 0. The Morgan fingerprint density at radius 3 is 2.75 bits per heavy atom. The summed E-state index contributed by atoms with van der Waals surface area (Å²) in [5.74, 6) is 2.48. The molecule has 0 aliphatic heterocycles. The van der Waals surface area contributed by atoms with Crippen molar-refractivity contribution >= 4 is 5.95 Å². The largest absolute Gasteiger partial charge is 0.354 e. The Morgan fingerprint density at radius 1 is 1.50 bits per heavy atom. The van der Waals surface area contributed by atoms with Crippen LogP contribution >= 0.6 is 0 Å². The summed E-state index contributed by atoms with van der Waals surface area (Å²) in [6.45, 7) is 3.30. The fraction of sp³-hybridized carbons (Fsp3) is 0.556. The van der Waals surface area contributed by atoms with Crippen molar-refractivity contribution in [2.45, 2.75) is 13.3 Å². The molecule has 1 heterocycles. The number of anilines is 1. The molecular formula is C9H13N3. The van der Waals surface area contributed by atoms with Crippen molar-refractivity contribution in [3.8, 4) is 0 Å². The van der Waals surface area contributed by atoms with Crippen LogP contribution in [0.5, 0.6) is 0 Å². The minimum absolute atomic E-state index is 0.747. The molecule has 1 saturated carbocycles. The van der Waals surface area contributed by atoms with Gasteiger partial charge in [0, 0.05) is 18.9 Å². The molecule has 0 radical (unpaired) electrons. The van der Waals surface area contributed by atoms with Crippen LogP contribution in [0.15, 0.2) is 18.5 Å². The van der Waals surface area contributed by atoms with Crippen LogP contribution in [0.2, 0.25) is 0 Å². The van der Waals surface area contributed by atoms with Gasteiger partial charge in [-0.3, -0.25) is 0 Å². The smallest absolute Gasteiger partial charge is 0.222 e. The molecule has 1 aliphatic carbocycles. The van der Waals surface area contributed by atoms with Crippen LogP contribution in [-0.2, 0) is 0 Å². The van der Waals surface area contributed by atoms with Gasteiger partial charge < -0.3 is 5.32 Å². The fourth-order valence-corrected chi connectivity index (χ4v) is 1.30. The van der Waals surface area contributed by atoms with Gasteiger partial charge in [0.2, 0.25) is 5.95 Å². The molecule has 0 bridgehead atoms. The van der Waals surface area contributed by atoms with Crippen molar-refractivity contribution in [2.24, 2.45) is 11.8 Å². The lowest BCUT2D eigenvalue weighted by Crippen LogP contribution is -2.06. The van der Waals surface area contributed by atoms with E-state index >= 15 is 0 Å². The summed E-state index contributed by atoms with van der Waals surface area (Å²) in [5.41, 5.74) is 0. The van der Waals surface area contributed by atoms with E-state index in [1.54, 1.807) is 12.4 Å². The van der Waals surface area contributed by atoms with Gasteiger partial charge in [0.25, 0.3) is 0 Å². The zero-order valence-corrected chi connectivity index (χ0v) is 7.20. The third-order valence-electron chi connectivity index (χ3n) is 2.36. The fourth-order valence-electron chi connectivity index (χ4n) is 1.30. The molecule has 2 atom stereocenters. The first kappa shape index (κ1) is 7.53. The van der Waals surface area contributed by atoms with E-state index in [1.165, 1.54) is 6.42 Å². The maximum atomic E-state index is 4.08. The van der Waals surface area contributed by atoms with E-state index in [4.69, 9.17) is 0 Å². The van der Waals surface area contributed by atoms with E-state index in [0.717, 1.165) is 24.3 Å². The predicted octanol–water partition coefficient (Wildman–Crippen LogP) is 1.54. The van der Waals surface area contributed by atoms with E-state index in [1.807, 2.05) is 6.07 Å². The molecule has 1 N–H and O–H groups in total. The molecule has 1 aromatic heterocycles. The molecule has 3 nitrogen and oxygen atoms in total. The number of hydrogen-bond donors (Lipinski definition) is 1. The van der Waals surface area contributed by atoms with Crippen LogP contribution in [0.25, 0.3) is 0 Å². The first-order valence-electron chi connectivity index (χ1n) is 4.37. The molecule has 0 saturated heterocycles. The molecule has 2 rings (SSSR count). The van der Waals surface area contributed by atoms with E-state index in [9.17, 15) is 0 Å². The van der Waals surface area contributed by atoms with Gasteiger partial charge >= 0.3 is 0 Å². The lowest BCUT2D eigenvalue weighted by atomic mass is 10.3. The molecule has 3 heteroatoms. The van der Waals surface area contributed by atoms with Crippen LogP contribution in [0.3, 0.4) is 0 Å². The van der Waals surface area contributed by atoms with Gasteiger partial charge in [0.1, 0.15) is 0 Å². The predicted molar refractivity (Wildman–Crippen MR) is 47.8 cm³/mol. The first-order valence-corrected chi connectivity index (χ1v) is 4.37. The third kappa shape index (κ3) is 1.72. The van der Waals surface area contributed by atoms with Gasteiger partial charge in [-0.1, -0.05) is 6.92 Å². The minimum Gasteiger partial charge on any atom is -0.354 e. The Labute approximate surface area is 72.2 Å². The van der Waals surface area contributed by atoms with Crippen LogP contribution in [0.1, 0.15) is 13.3 Å². The van der Waals surface area contributed by atoms with Gasteiger partial charge in [0.05, 0.1) is 0 Å². The zero-order chi connectivity index (χ0) is 8.39. The van der Waals surface area contributed by atoms with E-state index in [0.29, 0.717) is 0 Å². The maximum absolute atomic E-state index is 4.08. The number of rotatable bonds is 3. The number of aromatic nitrogens is 2. The molecular weight excluding hydrogens is 150 g/mol. The quantitative estimate of drug-likeness (QED) is 0.734. The van der Waals surface area contributed by atoms with Crippen LogP contribution < -0.4 is 5.32 Å². The molecule has 2 unspecified atom stereocenters. The highest BCUT2D eigenvalue weighted by Crippen LogP contribution is 2.37. The number of nitrogens with zero attached hydrogens (tertiary/aromatic N) is 2. The second-order valence-corrected chi connectivity index (χ2v) is 3.43. The van der Waals surface area contributed by atoms with Crippen molar-refractivity contribution in [3.05, 3.63) is 18.5 Å². The summed E-state index contributed by atoms with van der Waals surface area (Å²) in [6.07, 6.45) is 4.86. The average Bonchev–Trinajstić information content (AvgIpc) is 2.81. The summed E-state index contributed by atoms with van der Waals surface area (Å²) in [7, 11) is 0. The van der Waals surface area contributed by atoms with Crippen LogP contribution in [-0.4, -0.2) is 16.5 Å². The SMILES string of the molecule is CC1CC1CNc1ncccn1.